The molecule has 1 unspecified atom stereocenters. The van der Waals surface area contributed by atoms with Gasteiger partial charge in [-0.05, 0) is 62.1 Å². The number of aromatic nitrogens is 1. The molecule has 136 valence electrons. The molecule has 0 N–H and O–H groups in total. The maximum atomic E-state index is 13.5. The maximum absolute atomic E-state index is 13.5. The van der Waals surface area contributed by atoms with Gasteiger partial charge in [0.25, 0.3) is 0 Å². The number of nitrogens with zero attached hydrogens (tertiary/aromatic N) is 2. The number of benzene rings is 2. The number of carbonyl (C=O) groups excluding carboxylic acids is 1. The maximum Gasteiger partial charge on any atom is 0.239 e. The molecule has 2 aromatic carbocycles. The zero-order valence-corrected chi connectivity index (χ0v) is 15.7. The zero-order chi connectivity index (χ0) is 18.6. The molecule has 2 heterocycles. The number of rotatable bonds is 3. The molecule has 4 nitrogen and oxygen atoms in total. The summed E-state index contributed by atoms with van der Waals surface area (Å²) in [7, 11) is 0. The Morgan fingerprint density at radius 3 is 2.67 bits per heavy atom. The predicted molar refractivity (Wildman–Crippen MR) is 105 cm³/mol. The van der Waals surface area contributed by atoms with Crippen molar-refractivity contribution in [3.63, 3.8) is 0 Å². The Kier molecular flexibility index (Phi) is 3.66. The molecule has 1 aliphatic heterocycles. The Hall–Kier alpha value is -2.59. The molecule has 5 heteroatoms. The Labute approximate surface area is 162 Å². The van der Waals surface area contributed by atoms with Crippen LogP contribution in [0.2, 0.25) is 5.02 Å². The number of halogens is 1. The van der Waals surface area contributed by atoms with Crippen LogP contribution in [0.4, 0.5) is 5.69 Å². The monoisotopic (exact) mass is 378 g/mol. The lowest BCUT2D eigenvalue weighted by Crippen LogP contribution is -2.42. The molecule has 5 rings (SSSR count). The van der Waals surface area contributed by atoms with Crippen LogP contribution < -0.4 is 4.90 Å². The summed E-state index contributed by atoms with van der Waals surface area (Å²) in [5.74, 6) is 0.798. The van der Waals surface area contributed by atoms with E-state index < -0.39 is 5.41 Å². The van der Waals surface area contributed by atoms with Crippen molar-refractivity contribution in [2.75, 3.05) is 4.90 Å². The Bertz CT molecular complexity index is 1020. The van der Waals surface area contributed by atoms with E-state index in [1.807, 2.05) is 53.4 Å². The number of amides is 1. The van der Waals surface area contributed by atoms with Crippen LogP contribution in [0.15, 0.2) is 59.1 Å². The SMILES string of the molecule is CC1Cc2ccccc2N1C(=O)C1(c2cc(-c3ccc(Cl)cc3)on2)CC1. The van der Waals surface area contributed by atoms with Gasteiger partial charge in [-0.2, -0.15) is 0 Å². The van der Waals surface area contributed by atoms with Crippen molar-refractivity contribution in [2.24, 2.45) is 0 Å². The molecule has 0 saturated heterocycles. The second-order valence-electron chi connectivity index (χ2n) is 7.52. The largest absolute Gasteiger partial charge is 0.356 e. The van der Waals surface area contributed by atoms with Crippen molar-refractivity contribution in [1.29, 1.82) is 0 Å². The Morgan fingerprint density at radius 2 is 1.93 bits per heavy atom. The summed E-state index contributed by atoms with van der Waals surface area (Å²) >= 11 is 5.96. The average molecular weight is 379 g/mol. The average Bonchev–Trinajstić information content (AvgIpc) is 3.20. The van der Waals surface area contributed by atoms with Gasteiger partial charge in [0.2, 0.25) is 5.91 Å². The van der Waals surface area contributed by atoms with Crippen LogP contribution in [-0.2, 0) is 16.6 Å². The minimum absolute atomic E-state index is 0.135. The Balaban J connectivity index is 1.47. The van der Waals surface area contributed by atoms with E-state index in [9.17, 15) is 4.79 Å². The quantitative estimate of drug-likeness (QED) is 0.644. The molecule has 0 bridgehead atoms. The predicted octanol–water partition coefficient (Wildman–Crippen LogP) is 5.00. The molecular weight excluding hydrogens is 360 g/mol. The van der Waals surface area contributed by atoms with Gasteiger partial charge in [-0.3, -0.25) is 4.79 Å². The number of fused-ring (bicyclic) bond motifs is 1. The number of anilines is 1. The van der Waals surface area contributed by atoms with E-state index in [0.29, 0.717) is 10.8 Å². The first kappa shape index (κ1) is 16.6. The second kappa shape index (κ2) is 5.96. The van der Waals surface area contributed by atoms with Crippen LogP contribution in [0.3, 0.4) is 0 Å². The van der Waals surface area contributed by atoms with Crippen molar-refractivity contribution in [2.45, 2.75) is 37.6 Å². The van der Waals surface area contributed by atoms with Crippen LogP contribution in [0.1, 0.15) is 31.0 Å². The molecule has 3 aromatic rings. The number of carbonyl (C=O) groups is 1. The van der Waals surface area contributed by atoms with Gasteiger partial charge in [0.15, 0.2) is 5.76 Å². The highest BCUT2D eigenvalue weighted by atomic mass is 35.5. The fourth-order valence-electron chi connectivity index (χ4n) is 4.06. The first-order chi connectivity index (χ1) is 13.1. The van der Waals surface area contributed by atoms with Crippen molar-refractivity contribution >= 4 is 23.2 Å². The number of hydrogen-bond acceptors (Lipinski definition) is 3. The molecule has 1 saturated carbocycles. The highest BCUT2D eigenvalue weighted by Crippen LogP contribution is 2.51. The summed E-state index contributed by atoms with van der Waals surface area (Å²) in [5, 5.41) is 4.94. The van der Waals surface area contributed by atoms with E-state index in [2.05, 4.69) is 18.1 Å². The summed E-state index contributed by atoms with van der Waals surface area (Å²) in [6, 6.07) is 17.7. The van der Waals surface area contributed by atoms with E-state index in [1.165, 1.54) is 5.56 Å². The Morgan fingerprint density at radius 1 is 1.19 bits per heavy atom. The molecule has 0 radical (unpaired) electrons. The van der Waals surface area contributed by atoms with Crippen molar-refractivity contribution in [1.82, 2.24) is 5.16 Å². The number of para-hydroxylation sites is 1. The summed E-state index contributed by atoms with van der Waals surface area (Å²) in [4.78, 5) is 15.5. The highest BCUT2D eigenvalue weighted by molar-refractivity contribution is 6.30. The lowest BCUT2D eigenvalue weighted by Gasteiger charge is -2.26. The molecule has 2 aliphatic rings. The van der Waals surface area contributed by atoms with Crippen molar-refractivity contribution in [3.8, 4) is 11.3 Å². The van der Waals surface area contributed by atoms with E-state index >= 15 is 0 Å². The van der Waals surface area contributed by atoms with Gasteiger partial charge in [-0.15, -0.1) is 0 Å². The van der Waals surface area contributed by atoms with Gasteiger partial charge in [0, 0.05) is 28.4 Å². The summed E-state index contributed by atoms with van der Waals surface area (Å²) in [6.07, 6.45) is 2.51. The van der Waals surface area contributed by atoms with Gasteiger partial charge >= 0.3 is 0 Å². The van der Waals surface area contributed by atoms with E-state index in [0.717, 1.165) is 36.2 Å². The van der Waals surface area contributed by atoms with Gasteiger partial charge in [0.05, 0.1) is 11.1 Å². The summed E-state index contributed by atoms with van der Waals surface area (Å²) < 4.78 is 5.56. The van der Waals surface area contributed by atoms with Crippen molar-refractivity contribution < 1.29 is 9.32 Å². The van der Waals surface area contributed by atoms with Crippen LogP contribution in [0.5, 0.6) is 0 Å². The van der Waals surface area contributed by atoms with E-state index in [1.54, 1.807) is 0 Å². The third-order valence-electron chi connectivity index (χ3n) is 5.71. The van der Waals surface area contributed by atoms with Gasteiger partial charge < -0.3 is 9.42 Å². The van der Waals surface area contributed by atoms with Crippen LogP contribution in [0.25, 0.3) is 11.3 Å². The third kappa shape index (κ3) is 2.59. The number of hydrogen-bond donors (Lipinski definition) is 0. The fraction of sp³-hybridized carbons (Fsp3) is 0.273. The van der Waals surface area contributed by atoms with Crippen LogP contribution in [0, 0.1) is 0 Å². The van der Waals surface area contributed by atoms with Crippen molar-refractivity contribution in [3.05, 3.63) is 70.9 Å². The molecule has 1 atom stereocenters. The molecule has 1 amide bonds. The van der Waals surface area contributed by atoms with Crippen LogP contribution >= 0.6 is 11.6 Å². The van der Waals surface area contributed by atoms with Crippen LogP contribution in [-0.4, -0.2) is 17.1 Å². The van der Waals surface area contributed by atoms with E-state index in [4.69, 9.17) is 16.1 Å². The normalized spacial score (nSPS) is 19.8. The highest BCUT2D eigenvalue weighted by Gasteiger charge is 2.57. The minimum atomic E-state index is -0.556. The summed E-state index contributed by atoms with van der Waals surface area (Å²) in [5.41, 5.74) is 3.34. The van der Waals surface area contributed by atoms with Gasteiger partial charge in [-0.1, -0.05) is 35.0 Å². The van der Waals surface area contributed by atoms with E-state index in [-0.39, 0.29) is 11.9 Å². The fourth-order valence-corrected chi connectivity index (χ4v) is 4.19. The lowest BCUT2D eigenvalue weighted by molar-refractivity contribution is -0.121. The van der Waals surface area contributed by atoms with Gasteiger partial charge in [0.1, 0.15) is 0 Å². The zero-order valence-electron chi connectivity index (χ0n) is 15.0. The topological polar surface area (TPSA) is 46.3 Å². The molecule has 0 spiro atoms. The molecule has 27 heavy (non-hydrogen) atoms. The molecule has 1 fully saturated rings. The summed E-state index contributed by atoms with van der Waals surface area (Å²) in [6.45, 7) is 2.11. The minimum Gasteiger partial charge on any atom is -0.356 e. The molecule has 1 aliphatic carbocycles. The molecular formula is C22H19ClN2O2. The second-order valence-corrected chi connectivity index (χ2v) is 7.96. The van der Waals surface area contributed by atoms with Gasteiger partial charge in [-0.25, -0.2) is 0 Å². The smallest absolute Gasteiger partial charge is 0.239 e. The standard InChI is InChI=1S/C22H19ClN2O2/c1-14-12-16-4-2-3-5-18(16)25(14)21(26)22(10-11-22)20-13-19(27-24-20)15-6-8-17(23)9-7-15/h2-9,13-14H,10-12H2,1H3. The third-order valence-corrected chi connectivity index (χ3v) is 5.97. The molecule has 1 aromatic heterocycles. The first-order valence-electron chi connectivity index (χ1n) is 9.23. The first-order valence-corrected chi connectivity index (χ1v) is 9.61. The lowest BCUT2D eigenvalue weighted by atomic mass is 9.98.